The van der Waals surface area contributed by atoms with E-state index >= 15 is 0 Å². The summed E-state index contributed by atoms with van der Waals surface area (Å²) in [5.41, 5.74) is -0.997. The summed E-state index contributed by atoms with van der Waals surface area (Å²) in [5.74, 6) is -0.456. The van der Waals surface area contributed by atoms with Crippen LogP contribution in [0.5, 0.6) is 0 Å². The SMILES string of the molecule is CC(C)COCC(C)(NC(C)C)C(=O)O. The van der Waals surface area contributed by atoms with Gasteiger partial charge in [0.1, 0.15) is 5.54 Å². The van der Waals surface area contributed by atoms with Crippen LogP contribution in [0.2, 0.25) is 0 Å². The fourth-order valence-corrected chi connectivity index (χ4v) is 1.30. The number of carboxylic acids is 1. The van der Waals surface area contributed by atoms with Gasteiger partial charge in [0.05, 0.1) is 6.61 Å². The quantitative estimate of drug-likeness (QED) is 0.678. The van der Waals surface area contributed by atoms with Crippen molar-refractivity contribution in [1.29, 1.82) is 0 Å². The van der Waals surface area contributed by atoms with Gasteiger partial charge in [-0.3, -0.25) is 10.1 Å². The first-order valence-electron chi connectivity index (χ1n) is 5.36. The lowest BCUT2D eigenvalue weighted by molar-refractivity contribution is -0.147. The molecule has 0 rings (SSSR count). The zero-order valence-corrected chi connectivity index (χ0v) is 10.3. The molecule has 0 amide bonds. The van der Waals surface area contributed by atoms with Gasteiger partial charge in [-0.25, -0.2) is 0 Å². The van der Waals surface area contributed by atoms with E-state index in [2.05, 4.69) is 5.32 Å². The van der Waals surface area contributed by atoms with Crippen molar-refractivity contribution >= 4 is 5.97 Å². The van der Waals surface area contributed by atoms with E-state index in [1.807, 2.05) is 27.7 Å². The molecule has 0 aromatic rings. The second kappa shape index (κ2) is 6.08. The minimum absolute atomic E-state index is 0.119. The lowest BCUT2D eigenvalue weighted by Crippen LogP contribution is -2.55. The van der Waals surface area contributed by atoms with Crippen molar-refractivity contribution in [3.8, 4) is 0 Å². The van der Waals surface area contributed by atoms with Gasteiger partial charge in [0.15, 0.2) is 0 Å². The van der Waals surface area contributed by atoms with Gasteiger partial charge in [-0.2, -0.15) is 0 Å². The van der Waals surface area contributed by atoms with Crippen molar-refractivity contribution in [1.82, 2.24) is 5.32 Å². The van der Waals surface area contributed by atoms with Crippen molar-refractivity contribution in [2.45, 2.75) is 46.2 Å². The molecule has 0 aliphatic rings. The van der Waals surface area contributed by atoms with E-state index in [-0.39, 0.29) is 12.6 Å². The molecule has 0 bridgehead atoms. The van der Waals surface area contributed by atoms with Gasteiger partial charge < -0.3 is 9.84 Å². The smallest absolute Gasteiger partial charge is 0.326 e. The van der Waals surface area contributed by atoms with Gasteiger partial charge in [0.2, 0.25) is 0 Å². The topological polar surface area (TPSA) is 58.6 Å². The molecule has 4 heteroatoms. The summed E-state index contributed by atoms with van der Waals surface area (Å²) in [7, 11) is 0. The zero-order chi connectivity index (χ0) is 12.1. The fraction of sp³-hybridized carbons (Fsp3) is 0.909. The zero-order valence-electron chi connectivity index (χ0n) is 10.3. The van der Waals surface area contributed by atoms with E-state index in [1.165, 1.54) is 0 Å². The summed E-state index contributed by atoms with van der Waals surface area (Å²) < 4.78 is 5.38. The van der Waals surface area contributed by atoms with Gasteiger partial charge >= 0.3 is 5.97 Å². The average Bonchev–Trinajstić information content (AvgIpc) is 2.01. The third-order valence-corrected chi connectivity index (χ3v) is 1.92. The Kier molecular flexibility index (Phi) is 5.83. The Bertz CT molecular complexity index is 204. The number of aliphatic carboxylic acids is 1. The number of carboxylic acid groups (broad SMARTS) is 1. The van der Waals surface area contributed by atoms with Crippen molar-refractivity contribution in [2.75, 3.05) is 13.2 Å². The van der Waals surface area contributed by atoms with Crippen LogP contribution in [-0.4, -0.2) is 35.9 Å². The van der Waals surface area contributed by atoms with E-state index in [0.717, 1.165) is 0 Å². The Labute approximate surface area is 92.0 Å². The van der Waals surface area contributed by atoms with Crippen LogP contribution in [-0.2, 0) is 9.53 Å². The number of hydrogen-bond donors (Lipinski definition) is 2. The third-order valence-electron chi connectivity index (χ3n) is 1.92. The molecule has 0 aromatic heterocycles. The minimum Gasteiger partial charge on any atom is -0.480 e. The molecule has 0 radical (unpaired) electrons. The molecule has 0 heterocycles. The second-order valence-corrected chi connectivity index (χ2v) is 4.85. The first-order valence-corrected chi connectivity index (χ1v) is 5.36. The highest BCUT2D eigenvalue weighted by Gasteiger charge is 2.33. The minimum atomic E-state index is -0.997. The molecule has 0 spiro atoms. The number of nitrogens with one attached hydrogen (secondary N) is 1. The van der Waals surface area contributed by atoms with Crippen molar-refractivity contribution < 1.29 is 14.6 Å². The summed E-state index contributed by atoms with van der Waals surface area (Å²) >= 11 is 0. The first kappa shape index (κ1) is 14.4. The average molecular weight is 217 g/mol. The van der Waals surface area contributed by atoms with E-state index in [0.29, 0.717) is 12.5 Å². The monoisotopic (exact) mass is 217 g/mol. The van der Waals surface area contributed by atoms with E-state index in [1.54, 1.807) is 6.92 Å². The highest BCUT2D eigenvalue weighted by atomic mass is 16.5. The molecule has 15 heavy (non-hydrogen) atoms. The summed E-state index contributed by atoms with van der Waals surface area (Å²) in [6.45, 7) is 10.3. The summed E-state index contributed by atoms with van der Waals surface area (Å²) in [5, 5.41) is 12.1. The number of ether oxygens (including phenoxy) is 1. The van der Waals surface area contributed by atoms with Crippen LogP contribution in [0.15, 0.2) is 0 Å². The number of carbonyl (C=O) groups is 1. The Hall–Kier alpha value is -0.610. The van der Waals surface area contributed by atoms with Gasteiger partial charge in [-0.05, 0) is 26.7 Å². The first-order chi connectivity index (χ1) is 6.78. The largest absolute Gasteiger partial charge is 0.480 e. The molecule has 0 saturated carbocycles. The number of hydrogen-bond acceptors (Lipinski definition) is 3. The second-order valence-electron chi connectivity index (χ2n) is 4.85. The lowest BCUT2D eigenvalue weighted by atomic mass is 10.0. The molecule has 90 valence electrons. The maximum atomic E-state index is 11.1. The molecular formula is C11H23NO3. The van der Waals surface area contributed by atoms with Crippen LogP contribution in [0.25, 0.3) is 0 Å². The van der Waals surface area contributed by atoms with Crippen LogP contribution >= 0.6 is 0 Å². The molecule has 0 aliphatic carbocycles. The fourth-order valence-electron chi connectivity index (χ4n) is 1.30. The molecule has 1 atom stereocenters. The Morgan fingerprint density at radius 2 is 1.93 bits per heavy atom. The van der Waals surface area contributed by atoms with Gasteiger partial charge in [0, 0.05) is 12.6 Å². The van der Waals surface area contributed by atoms with Crippen molar-refractivity contribution in [2.24, 2.45) is 5.92 Å². The normalized spacial score (nSPS) is 15.7. The summed E-state index contributed by atoms with van der Waals surface area (Å²) in [4.78, 5) is 11.1. The predicted molar refractivity (Wildman–Crippen MR) is 60.0 cm³/mol. The highest BCUT2D eigenvalue weighted by molar-refractivity contribution is 5.78. The molecule has 0 aromatic carbocycles. The van der Waals surface area contributed by atoms with Crippen molar-refractivity contribution in [3.63, 3.8) is 0 Å². The molecule has 0 saturated heterocycles. The van der Waals surface area contributed by atoms with E-state index in [4.69, 9.17) is 9.84 Å². The maximum absolute atomic E-state index is 11.1. The Morgan fingerprint density at radius 3 is 2.27 bits per heavy atom. The van der Waals surface area contributed by atoms with Crippen LogP contribution in [0.4, 0.5) is 0 Å². The van der Waals surface area contributed by atoms with Crippen LogP contribution in [0.1, 0.15) is 34.6 Å². The number of rotatable bonds is 7. The maximum Gasteiger partial charge on any atom is 0.326 e. The molecule has 4 nitrogen and oxygen atoms in total. The van der Waals surface area contributed by atoms with Crippen molar-refractivity contribution in [3.05, 3.63) is 0 Å². The third kappa shape index (κ3) is 5.74. The van der Waals surface area contributed by atoms with Crippen LogP contribution in [0.3, 0.4) is 0 Å². The van der Waals surface area contributed by atoms with E-state index < -0.39 is 11.5 Å². The van der Waals surface area contributed by atoms with Crippen LogP contribution in [0, 0.1) is 5.92 Å². The molecule has 0 fully saturated rings. The molecule has 2 N–H and O–H groups in total. The summed E-state index contributed by atoms with van der Waals surface area (Å²) in [6.07, 6.45) is 0. The molecular weight excluding hydrogens is 194 g/mol. The molecule has 0 aliphatic heterocycles. The molecule has 1 unspecified atom stereocenters. The standard InChI is InChI=1S/C11H23NO3/c1-8(2)6-15-7-11(5,10(13)14)12-9(3)4/h8-9,12H,6-7H2,1-5H3,(H,13,14). The van der Waals surface area contributed by atoms with Crippen LogP contribution < -0.4 is 5.32 Å². The van der Waals surface area contributed by atoms with E-state index in [9.17, 15) is 4.79 Å². The van der Waals surface area contributed by atoms with Gasteiger partial charge in [-0.15, -0.1) is 0 Å². The lowest BCUT2D eigenvalue weighted by Gasteiger charge is -2.28. The Morgan fingerprint density at radius 1 is 1.40 bits per heavy atom. The predicted octanol–water partition coefficient (Wildman–Crippen LogP) is 1.50. The van der Waals surface area contributed by atoms with Gasteiger partial charge in [0.25, 0.3) is 0 Å². The Balaban J connectivity index is 4.20. The highest BCUT2D eigenvalue weighted by Crippen LogP contribution is 2.07. The van der Waals surface area contributed by atoms with Gasteiger partial charge in [-0.1, -0.05) is 13.8 Å². The summed E-state index contributed by atoms with van der Waals surface area (Å²) in [6, 6.07) is 0.119.